The Kier molecular flexibility index (Phi) is 2.72. The summed E-state index contributed by atoms with van der Waals surface area (Å²) in [6.07, 6.45) is 2.13. The minimum Gasteiger partial charge on any atom is -0.347 e. The highest BCUT2D eigenvalue weighted by Crippen LogP contribution is 2.30. The van der Waals surface area contributed by atoms with Crippen LogP contribution < -0.4 is 5.73 Å². The number of rotatable bonds is 2. The first-order chi connectivity index (χ1) is 7.43. The fourth-order valence-corrected chi connectivity index (χ4v) is 2.22. The van der Waals surface area contributed by atoms with E-state index in [-0.39, 0.29) is 5.54 Å². The monoisotopic (exact) mass is 236 g/mol. The molecule has 0 radical (unpaired) electrons. The van der Waals surface area contributed by atoms with Gasteiger partial charge in [-0.1, -0.05) is 11.6 Å². The molecule has 2 nitrogen and oxygen atoms in total. The van der Waals surface area contributed by atoms with Gasteiger partial charge in [0.25, 0.3) is 0 Å². The fraction of sp³-hybridized carbons (Fsp3) is 0.385. The molecule has 0 spiro atoms. The van der Waals surface area contributed by atoms with Gasteiger partial charge in [0.15, 0.2) is 0 Å². The zero-order chi connectivity index (χ0) is 11.9. The Morgan fingerprint density at radius 3 is 2.62 bits per heavy atom. The number of hydrogen-bond donors (Lipinski definition) is 1. The second-order valence-corrected chi connectivity index (χ2v) is 5.15. The lowest BCUT2D eigenvalue weighted by Crippen LogP contribution is -2.28. The molecule has 0 aliphatic heterocycles. The number of halogens is 1. The van der Waals surface area contributed by atoms with E-state index in [1.165, 1.54) is 5.52 Å². The highest BCUT2D eigenvalue weighted by Gasteiger charge is 2.20. The van der Waals surface area contributed by atoms with E-state index < -0.39 is 0 Å². The smallest absolute Gasteiger partial charge is 0.0484 e. The third-order valence-electron chi connectivity index (χ3n) is 2.88. The number of fused-ring (bicyclic) bond motifs is 1. The van der Waals surface area contributed by atoms with E-state index in [1.807, 2.05) is 26.0 Å². The average molecular weight is 237 g/mol. The van der Waals surface area contributed by atoms with Gasteiger partial charge in [0.1, 0.15) is 0 Å². The summed E-state index contributed by atoms with van der Waals surface area (Å²) in [5.74, 6) is 0. The molecule has 0 fully saturated rings. The maximum atomic E-state index is 6.18. The zero-order valence-corrected chi connectivity index (χ0v) is 10.7. The van der Waals surface area contributed by atoms with Gasteiger partial charge in [-0.2, -0.15) is 0 Å². The van der Waals surface area contributed by atoms with Crippen molar-refractivity contribution in [2.45, 2.75) is 32.9 Å². The van der Waals surface area contributed by atoms with Crippen LogP contribution >= 0.6 is 11.6 Å². The van der Waals surface area contributed by atoms with Crippen molar-refractivity contribution in [3.63, 3.8) is 0 Å². The third-order valence-corrected chi connectivity index (χ3v) is 3.11. The van der Waals surface area contributed by atoms with Crippen molar-refractivity contribution < 1.29 is 0 Å². The molecule has 0 unspecified atom stereocenters. The predicted molar refractivity (Wildman–Crippen MR) is 69.8 cm³/mol. The Morgan fingerprint density at radius 1 is 1.38 bits per heavy atom. The van der Waals surface area contributed by atoms with E-state index in [2.05, 4.69) is 23.8 Å². The van der Waals surface area contributed by atoms with Gasteiger partial charge < -0.3 is 10.3 Å². The quantitative estimate of drug-likeness (QED) is 0.850. The second kappa shape index (κ2) is 3.79. The molecule has 2 rings (SSSR count). The Bertz CT molecular complexity index is 520. The maximum absolute atomic E-state index is 6.18. The highest BCUT2D eigenvalue weighted by molar-refractivity contribution is 6.31. The number of benzene rings is 1. The molecule has 1 heterocycles. The number of nitrogens with zero attached hydrogens (tertiary/aromatic N) is 1. The van der Waals surface area contributed by atoms with Crippen LogP contribution in [-0.4, -0.2) is 4.57 Å². The lowest BCUT2D eigenvalue weighted by atomic mass is 9.95. The normalized spacial score (nSPS) is 12.3. The summed E-state index contributed by atoms with van der Waals surface area (Å²) in [4.78, 5) is 0. The van der Waals surface area contributed by atoms with Crippen LogP contribution in [0.4, 0.5) is 0 Å². The van der Waals surface area contributed by atoms with Gasteiger partial charge in [-0.25, -0.2) is 0 Å². The molecule has 0 atom stereocenters. The van der Waals surface area contributed by atoms with E-state index in [0.717, 1.165) is 22.5 Å². The molecule has 0 aliphatic carbocycles. The SMILES string of the molecule is CCn1cc(C(C)(C)N)c2cc(Cl)ccc21. The van der Waals surface area contributed by atoms with Crippen molar-refractivity contribution >= 4 is 22.5 Å². The largest absolute Gasteiger partial charge is 0.347 e. The van der Waals surface area contributed by atoms with E-state index in [4.69, 9.17) is 17.3 Å². The first-order valence-electron chi connectivity index (χ1n) is 5.51. The minimum atomic E-state index is -0.344. The minimum absolute atomic E-state index is 0.344. The van der Waals surface area contributed by atoms with Crippen molar-refractivity contribution in [2.75, 3.05) is 0 Å². The van der Waals surface area contributed by atoms with Crippen LogP contribution in [0.2, 0.25) is 5.02 Å². The number of hydrogen-bond acceptors (Lipinski definition) is 1. The highest BCUT2D eigenvalue weighted by atomic mass is 35.5. The summed E-state index contributed by atoms with van der Waals surface area (Å²) in [5, 5.41) is 1.91. The van der Waals surface area contributed by atoms with Crippen molar-refractivity contribution in [3.8, 4) is 0 Å². The van der Waals surface area contributed by atoms with E-state index in [1.54, 1.807) is 0 Å². The maximum Gasteiger partial charge on any atom is 0.0484 e. The van der Waals surface area contributed by atoms with Crippen LogP contribution in [0.15, 0.2) is 24.4 Å². The van der Waals surface area contributed by atoms with Crippen LogP contribution in [0.3, 0.4) is 0 Å². The molecule has 16 heavy (non-hydrogen) atoms. The summed E-state index contributed by atoms with van der Waals surface area (Å²) in [5.41, 5.74) is 8.18. The van der Waals surface area contributed by atoms with Crippen LogP contribution in [0.5, 0.6) is 0 Å². The summed E-state index contributed by atoms with van der Waals surface area (Å²) in [6.45, 7) is 7.10. The van der Waals surface area contributed by atoms with Crippen molar-refractivity contribution in [2.24, 2.45) is 5.73 Å². The molecule has 1 aromatic carbocycles. The first-order valence-corrected chi connectivity index (χ1v) is 5.89. The second-order valence-electron chi connectivity index (χ2n) is 4.71. The summed E-state index contributed by atoms with van der Waals surface area (Å²) >= 11 is 6.04. The first kappa shape index (κ1) is 11.5. The summed E-state index contributed by atoms with van der Waals surface area (Å²) < 4.78 is 2.20. The molecule has 3 heteroatoms. The van der Waals surface area contributed by atoms with E-state index >= 15 is 0 Å². The van der Waals surface area contributed by atoms with Crippen LogP contribution in [0.1, 0.15) is 26.3 Å². The van der Waals surface area contributed by atoms with Crippen LogP contribution in [-0.2, 0) is 12.1 Å². The van der Waals surface area contributed by atoms with Crippen molar-refractivity contribution in [1.29, 1.82) is 0 Å². The Balaban J connectivity index is 2.79. The van der Waals surface area contributed by atoms with Gasteiger partial charge in [0.05, 0.1) is 0 Å². The van der Waals surface area contributed by atoms with Gasteiger partial charge in [-0.05, 0) is 44.5 Å². The fourth-order valence-electron chi connectivity index (χ4n) is 2.04. The average Bonchev–Trinajstić information content (AvgIpc) is 2.54. The standard InChI is InChI=1S/C13H17ClN2/c1-4-16-8-11(13(2,3)15)10-7-9(14)5-6-12(10)16/h5-8H,4,15H2,1-3H3. The molecule has 1 aromatic heterocycles. The van der Waals surface area contributed by atoms with E-state index in [9.17, 15) is 0 Å². The molecular weight excluding hydrogens is 220 g/mol. The lowest BCUT2D eigenvalue weighted by molar-refractivity contribution is 0.556. The molecule has 0 aliphatic rings. The molecule has 0 bridgehead atoms. The summed E-state index contributed by atoms with van der Waals surface area (Å²) in [6, 6.07) is 5.97. The number of nitrogens with two attached hydrogens (primary N) is 1. The zero-order valence-electron chi connectivity index (χ0n) is 9.92. The van der Waals surface area contributed by atoms with E-state index in [0.29, 0.717) is 0 Å². The molecular formula is C13H17ClN2. The number of aromatic nitrogens is 1. The predicted octanol–water partition coefficient (Wildman–Crippen LogP) is 3.51. The Labute approximate surface area is 101 Å². The Hall–Kier alpha value is -0.990. The van der Waals surface area contributed by atoms with Gasteiger partial charge >= 0.3 is 0 Å². The molecule has 86 valence electrons. The van der Waals surface area contributed by atoms with Crippen molar-refractivity contribution in [3.05, 3.63) is 35.0 Å². The summed E-state index contributed by atoms with van der Waals surface area (Å²) in [7, 11) is 0. The van der Waals surface area contributed by atoms with Gasteiger partial charge in [0.2, 0.25) is 0 Å². The lowest BCUT2D eigenvalue weighted by Gasteiger charge is -2.17. The molecule has 0 amide bonds. The van der Waals surface area contributed by atoms with Crippen LogP contribution in [0.25, 0.3) is 10.9 Å². The molecule has 2 aromatic rings. The van der Waals surface area contributed by atoms with Crippen LogP contribution in [0, 0.1) is 0 Å². The topological polar surface area (TPSA) is 30.9 Å². The third kappa shape index (κ3) is 1.83. The van der Waals surface area contributed by atoms with Crippen molar-refractivity contribution in [1.82, 2.24) is 4.57 Å². The van der Waals surface area contributed by atoms with Gasteiger partial charge in [0, 0.05) is 34.2 Å². The molecule has 0 saturated heterocycles. The Morgan fingerprint density at radius 2 is 2.06 bits per heavy atom. The van der Waals surface area contributed by atoms with Gasteiger partial charge in [-0.3, -0.25) is 0 Å². The van der Waals surface area contributed by atoms with Gasteiger partial charge in [-0.15, -0.1) is 0 Å². The molecule has 2 N–H and O–H groups in total. The molecule has 0 saturated carbocycles. The number of aryl methyl sites for hydroxylation is 1.